The molecule has 1 rings (SSSR count). The minimum Gasteiger partial charge on any atom is -0.465 e. The van der Waals surface area contributed by atoms with Crippen molar-refractivity contribution in [3.63, 3.8) is 0 Å². The van der Waals surface area contributed by atoms with Crippen molar-refractivity contribution in [3.05, 3.63) is 24.3 Å². The highest BCUT2D eigenvalue weighted by molar-refractivity contribution is 5.69. The second-order valence-corrected chi connectivity index (χ2v) is 7.81. The molecule has 150 valence electrons. The Morgan fingerprint density at radius 2 is 1.46 bits per heavy atom. The molecule has 0 radical (unpaired) electrons. The van der Waals surface area contributed by atoms with Gasteiger partial charge in [0.05, 0.1) is 6.61 Å². The highest BCUT2D eigenvalue weighted by Gasteiger charge is 2.16. The Labute approximate surface area is 162 Å². The van der Waals surface area contributed by atoms with Gasteiger partial charge >= 0.3 is 5.97 Å². The summed E-state index contributed by atoms with van der Waals surface area (Å²) in [5.41, 5.74) is 0. The first-order valence-electron chi connectivity index (χ1n) is 11.3. The molecule has 1 aliphatic rings. The molecule has 0 spiro atoms. The normalized spacial score (nSPS) is 15.4. The molecule has 0 aliphatic heterocycles. The fraction of sp³-hybridized carbons (Fsp3) is 0.792. The molecule has 0 aromatic rings. The molecule has 0 heterocycles. The van der Waals surface area contributed by atoms with Crippen LogP contribution in [-0.2, 0) is 9.53 Å². The van der Waals surface area contributed by atoms with Crippen LogP contribution in [0.2, 0.25) is 0 Å². The van der Waals surface area contributed by atoms with E-state index in [4.69, 9.17) is 4.74 Å². The molecule has 1 fully saturated rings. The van der Waals surface area contributed by atoms with Gasteiger partial charge in [0.1, 0.15) is 0 Å². The number of unbranched alkanes of at least 4 members (excludes halogenated alkanes) is 8. The summed E-state index contributed by atoms with van der Waals surface area (Å²) in [6.45, 7) is 2.91. The Bertz CT molecular complexity index is 378. The van der Waals surface area contributed by atoms with Gasteiger partial charge in [0.15, 0.2) is 0 Å². The third-order valence-electron chi connectivity index (χ3n) is 5.29. The topological polar surface area (TPSA) is 26.3 Å². The number of carbonyl (C=O) groups excluding carboxylic acids is 1. The number of allylic oxidation sites excluding steroid dienone is 4. The summed E-state index contributed by atoms with van der Waals surface area (Å²) < 4.78 is 5.39. The molecule has 1 aliphatic carbocycles. The van der Waals surface area contributed by atoms with E-state index in [0.717, 1.165) is 19.3 Å². The standard InChI is InChI=1S/C24H42O2/c1-2-3-4-5-6-7-8-9-10-11-12-13-14-15-16-21-24(25)26-22-23-19-17-18-20-23/h6-7,9-10,23H,2-5,8,11-22H2,1H3/b7-6-,10-9-. The van der Waals surface area contributed by atoms with Crippen LogP contribution in [0.5, 0.6) is 0 Å². The summed E-state index contributed by atoms with van der Waals surface area (Å²) in [6.07, 6.45) is 28.3. The van der Waals surface area contributed by atoms with E-state index in [0.29, 0.717) is 18.9 Å². The Hall–Kier alpha value is -1.05. The quantitative estimate of drug-likeness (QED) is 0.161. The number of ether oxygens (including phenoxy) is 1. The van der Waals surface area contributed by atoms with Crippen molar-refractivity contribution in [2.24, 2.45) is 5.92 Å². The van der Waals surface area contributed by atoms with Crippen LogP contribution in [0.4, 0.5) is 0 Å². The molecule has 0 bridgehead atoms. The summed E-state index contributed by atoms with van der Waals surface area (Å²) in [7, 11) is 0. The Morgan fingerprint density at radius 3 is 2.15 bits per heavy atom. The van der Waals surface area contributed by atoms with Crippen molar-refractivity contribution in [3.8, 4) is 0 Å². The lowest BCUT2D eigenvalue weighted by Gasteiger charge is -2.09. The van der Waals surface area contributed by atoms with Gasteiger partial charge in [-0.3, -0.25) is 4.79 Å². The van der Waals surface area contributed by atoms with Crippen LogP contribution in [0.25, 0.3) is 0 Å². The van der Waals surface area contributed by atoms with Gasteiger partial charge in [-0.05, 0) is 57.3 Å². The van der Waals surface area contributed by atoms with Crippen molar-refractivity contribution < 1.29 is 9.53 Å². The molecule has 0 aromatic carbocycles. The van der Waals surface area contributed by atoms with Gasteiger partial charge in [-0.2, -0.15) is 0 Å². The van der Waals surface area contributed by atoms with E-state index in [1.807, 2.05) is 0 Å². The average Bonchev–Trinajstić information content (AvgIpc) is 3.17. The fourth-order valence-electron chi connectivity index (χ4n) is 3.54. The number of rotatable bonds is 16. The largest absolute Gasteiger partial charge is 0.465 e. The lowest BCUT2D eigenvalue weighted by atomic mass is 10.1. The van der Waals surface area contributed by atoms with Crippen LogP contribution < -0.4 is 0 Å². The predicted molar refractivity (Wildman–Crippen MR) is 112 cm³/mol. The van der Waals surface area contributed by atoms with Gasteiger partial charge in [-0.15, -0.1) is 0 Å². The van der Waals surface area contributed by atoms with Crippen molar-refractivity contribution in [2.45, 2.75) is 110 Å². The van der Waals surface area contributed by atoms with Crippen molar-refractivity contribution >= 4 is 5.97 Å². The molecular formula is C24H42O2. The molecule has 2 heteroatoms. The maximum atomic E-state index is 11.7. The SMILES string of the molecule is CCCCC/C=C\C/C=C\CCCCCCCC(=O)OCC1CCCC1. The van der Waals surface area contributed by atoms with Crippen LogP contribution >= 0.6 is 0 Å². The van der Waals surface area contributed by atoms with E-state index in [-0.39, 0.29) is 5.97 Å². The Morgan fingerprint density at radius 1 is 0.846 bits per heavy atom. The second kappa shape index (κ2) is 17.4. The second-order valence-electron chi connectivity index (χ2n) is 7.81. The molecule has 0 saturated heterocycles. The van der Waals surface area contributed by atoms with Crippen molar-refractivity contribution in [2.75, 3.05) is 6.61 Å². The van der Waals surface area contributed by atoms with E-state index in [2.05, 4.69) is 31.2 Å². The van der Waals surface area contributed by atoms with Gasteiger partial charge in [0, 0.05) is 6.42 Å². The minimum absolute atomic E-state index is 0.0163. The maximum absolute atomic E-state index is 11.7. The van der Waals surface area contributed by atoms with Gasteiger partial charge < -0.3 is 4.74 Å². The molecule has 0 atom stereocenters. The summed E-state index contributed by atoms with van der Waals surface area (Å²) >= 11 is 0. The summed E-state index contributed by atoms with van der Waals surface area (Å²) in [6, 6.07) is 0. The van der Waals surface area contributed by atoms with Crippen LogP contribution in [0.3, 0.4) is 0 Å². The van der Waals surface area contributed by atoms with Crippen LogP contribution in [0.1, 0.15) is 110 Å². The van der Waals surface area contributed by atoms with E-state index in [9.17, 15) is 4.79 Å². The third-order valence-corrected chi connectivity index (χ3v) is 5.29. The number of esters is 1. The van der Waals surface area contributed by atoms with Crippen LogP contribution in [0, 0.1) is 5.92 Å². The van der Waals surface area contributed by atoms with Crippen LogP contribution in [-0.4, -0.2) is 12.6 Å². The first-order chi connectivity index (χ1) is 12.8. The van der Waals surface area contributed by atoms with Gasteiger partial charge in [-0.1, -0.05) is 76.2 Å². The number of hydrogen-bond donors (Lipinski definition) is 0. The van der Waals surface area contributed by atoms with Gasteiger partial charge in [-0.25, -0.2) is 0 Å². The van der Waals surface area contributed by atoms with E-state index in [1.54, 1.807) is 0 Å². The van der Waals surface area contributed by atoms with Gasteiger partial charge in [0.2, 0.25) is 0 Å². The fourth-order valence-corrected chi connectivity index (χ4v) is 3.54. The van der Waals surface area contributed by atoms with Crippen LogP contribution in [0.15, 0.2) is 24.3 Å². The molecule has 0 aromatic heterocycles. The number of carbonyl (C=O) groups is 1. The summed E-state index contributed by atoms with van der Waals surface area (Å²) in [5, 5.41) is 0. The zero-order valence-electron chi connectivity index (χ0n) is 17.2. The first-order valence-corrected chi connectivity index (χ1v) is 11.3. The molecule has 0 unspecified atom stereocenters. The third kappa shape index (κ3) is 14.2. The Balaban J connectivity index is 1.79. The smallest absolute Gasteiger partial charge is 0.305 e. The minimum atomic E-state index is 0.0163. The maximum Gasteiger partial charge on any atom is 0.305 e. The number of hydrogen-bond acceptors (Lipinski definition) is 2. The summed E-state index contributed by atoms with van der Waals surface area (Å²) in [5.74, 6) is 0.658. The highest BCUT2D eigenvalue weighted by Crippen LogP contribution is 2.24. The highest BCUT2D eigenvalue weighted by atomic mass is 16.5. The molecule has 2 nitrogen and oxygen atoms in total. The lowest BCUT2D eigenvalue weighted by molar-refractivity contribution is -0.145. The monoisotopic (exact) mass is 362 g/mol. The zero-order chi connectivity index (χ0) is 18.7. The lowest BCUT2D eigenvalue weighted by Crippen LogP contribution is -2.11. The van der Waals surface area contributed by atoms with Crippen molar-refractivity contribution in [1.29, 1.82) is 0 Å². The molecule has 1 saturated carbocycles. The average molecular weight is 363 g/mol. The van der Waals surface area contributed by atoms with Crippen molar-refractivity contribution in [1.82, 2.24) is 0 Å². The molecular weight excluding hydrogens is 320 g/mol. The van der Waals surface area contributed by atoms with E-state index < -0.39 is 0 Å². The summed E-state index contributed by atoms with van der Waals surface area (Å²) in [4.78, 5) is 11.7. The van der Waals surface area contributed by atoms with Gasteiger partial charge in [0.25, 0.3) is 0 Å². The molecule has 0 N–H and O–H groups in total. The van der Waals surface area contributed by atoms with E-state index >= 15 is 0 Å². The zero-order valence-corrected chi connectivity index (χ0v) is 17.2. The molecule has 26 heavy (non-hydrogen) atoms. The van der Waals surface area contributed by atoms with E-state index in [1.165, 1.54) is 77.0 Å². The molecule has 0 amide bonds. The first kappa shape index (κ1) is 23.0. The Kier molecular flexibility index (Phi) is 15.4. The predicted octanol–water partition coefficient (Wildman–Crippen LogP) is 7.53.